The summed E-state index contributed by atoms with van der Waals surface area (Å²) in [5.74, 6) is -1.32. The maximum atomic E-state index is 12.3. The number of hydrogen-bond acceptors (Lipinski definition) is 7. The fourth-order valence-corrected chi connectivity index (χ4v) is 4.15. The van der Waals surface area contributed by atoms with Gasteiger partial charge in [-0.25, -0.2) is 9.59 Å². The molecule has 1 N–H and O–H groups in total. The van der Waals surface area contributed by atoms with Gasteiger partial charge in [0.2, 0.25) is 5.91 Å². The number of carbonyl (C=O) groups excluding carboxylic acids is 3. The third kappa shape index (κ3) is 4.28. The van der Waals surface area contributed by atoms with Crippen molar-refractivity contribution in [1.29, 1.82) is 0 Å². The van der Waals surface area contributed by atoms with Gasteiger partial charge < -0.3 is 14.9 Å². The predicted molar refractivity (Wildman–Crippen MR) is 106 cm³/mol. The van der Waals surface area contributed by atoms with Crippen molar-refractivity contribution in [2.75, 3.05) is 11.9 Å². The third-order valence-corrected chi connectivity index (χ3v) is 5.38. The summed E-state index contributed by atoms with van der Waals surface area (Å²) in [7, 11) is 0. The van der Waals surface area contributed by atoms with Gasteiger partial charge in [0, 0.05) is 6.92 Å². The monoisotopic (exact) mass is 400 g/mol. The van der Waals surface area contributed by atoms with Crippen LogP contribution in [0.15, 0.2) is 35.5 Å². The highest BCUT2D eigenvalue weighted by Gasteiger charge is 2.29. The summed E-state index contributed by atoms with van der Waals surface area (Å²) in [4.78, 5) is 42.3. The molecule has 7 nitrogen and oxygen atoms in total. The lowest BCUT2D eigenvalue weighted by molar-refractivity contribution is -0.114. The minimum absolute atomic E-state index is 0.233. The van der Waals surface area contributed by atoms with Gasteiger partial charge >= 0.3 is 11.9 Å². The van der Waals surface area contributed by atoms with Crippen LogP contribution in [-0.4, -0.2) is 30.2 Å². The molecule has 0 aliphatic heterocycles. The van der Waals surface area contributed by atoms with Gasteiger partial charge in [0.25, 0.3) is 0 Å². The van der Waals surface area contributed by atoms with Crippen molar-refractivity contribution < 1.29 is 24.0 Å². The van der Waals surface area contributed by atoms with Crippen molar-refractivity contribution in [2.45, 2.75) is 33.1 Å². The molecule has 0 fully saturated rings. The van der Waals surface area contributed by atoms with Crippen LogP contribution in [0.4, 0.5) is 5.69 Å². The number of fused-ring (bicyclic) bond motifs is 1. The van der Waals surface area contributed by atoms with Crippen molar-refractivity contribution in [3.8, 4) is 0 Å². The van der Waals surface area contributed by atoms with Gasteiger partial charge in [-0.1, -0.05) is 23.4 Å². The van der Waals surface area contributed by atoms with E-state index in [1.165, 1.54) is 18.3 Å². The van der Waals surface area contributed by atoms with E-state index in [1.807, 2.05) is 6.07 Å². The Kier molecular flexibility index (Phi) is 6.20. The van der Waals surface area contributed by atoms with Crippen LogP contribution in [0.1, 0.15) is 57.2 Å². The molecule has 3 rings (SSSR count). The Bertz CT molecular complexity index is 934. The minimum atomic E-state index is -0.551. The number of oxime groups is 1. The molecule has 1 amide bonds. The van der Waals surface area contributed by atoms with E-state index in [4.69, 9.17) is 9.57 Å². The first-order chi connectivity index (χ1) is 13.5. The molecule has 146 valence electrons. The van der Waals surface area contributed by atoms with Crippen LogP contribution in [0.2, 0.25) is 0 Å². The number of nitrogens with one attached hydrogen (secondary N) is 1. The summed E-state index contributed by atoms with van der Waals surface area (Å²) in [6, 6.07) is 8.59. The Hall–Kier alpha value is -3.00. The Labute approximate surface area is 166 Å². The van der Waals surface area contributed by atoms with Crippen molar-refractivity contribution in [3.05, 3.63) is 51.2 Å². The van der Waals surface area contributed by atoms with Crippen molar-refractivity contribution in [2.24, 2.45) is 5.16 Å². The first kappa shape index (κ1) is 19.8. The molecule has 1 aromatic heterocycles. The molecule has 1 heterocycles. The summed E-state index contributed by atoms with van der Waals surface area (Å²) in [6.45, 7) is 3.34. The largest absolute Gasteiger partial charge is 0.462 e. The SMILES string of the molecule is CCOC(=O)c1sc2c(c1NC(C)=O)CCC/C2=N\OC(=O)c1ccccc1. The van der Waals surface area contributed by atoms with Crippen molar-refractivity contribution in [1.82, 2.24) is 0 Å². The number of benzene rings is 1. The van der Waals surface area contributed by atoms with Crippen LogP contribution in [0.3, 0.4) is 0 Å². The van der Waals surface area contributed by atoms with E-state index in [9.17, 15) is 14.4 Å². The maximum Gasteiger partial charge on any atom is 0.365 e. The summed E-state index contributed by atoms with van der Waals surface area (Å²) in [5.41, 5.74) is 2.27. The van der Waals surface area contributed by atoms with E-state index in [0.717, 1.165) is 16.9 Å². The molecule has 0 saturated heterocycles. The average Bonchev–Trinajstić information content (AvgIpc) is 3.05. The third-order valence-electron chi connectivity index (χ3n) is 4.12. The number of nitrogens with zero attached hydrogens (tertiary/aromatic N) is 1. The van der Waals surface area contributed by atoms with Crippen LogP contribution < -0.4 is 5.32 Å². The lowest BCUT2D eigenvalue weighted by atomic mass is 9.96. The average molecular weight is 400 g/mol. The summed E-state index contributed by atoms with van der Waals surface area (Å²) >= 11 is 1.20. The van der Waals surface area contributed by atoms with Crippen molar-refractivity contribution >= 4 is 40.6 Å². The van der Waals surface area contributed by atoms with Gasteiger partial charge in [0.15, 0.2) is 0 Å². The zero-order valence-corrected chi connectivity index (χ0v) is 16.4. The van der Waals surface area contributed by atoms with E-state index in [1.54, 1.807) is 31.2 Å². The highest BCUT2D eigenvalue weighted by Crippen LogP contribution is 2.39. The first-order valence-corrected chi connectivity index (χ1v) is 9.77. The molecule has 0 radical (unpaired) electrons. The number of ether oxygens (including phenoxy) is 1. The molecule has 0 unspecified atom stereocenters. The molecule has 28 heavy (non-hydrogen) atoms. The molecular formula is C20H20N2O5S. The highest BCUT2D eigenvalue weighted by atomic mass is 32.1. The molecule has 0 atom stereocenters. The van der Waals surface area contributed by atoms with Crippen LogP contribution in [0.5, 0.6) is 0 Å². The molecule has 2 aromatic rings. The molecule has 1 aromatic carbocycles. The van der Waals surface area contributed by atoms with Gasteiger partial charge in [-0.05, 0) is 43.9 Å². The second-order valence-electron chi connectivity index (χ2n) is 6.15. The van der Waals surface area contributed by atoms with Gasteiger partial charge in [-0.2, -0.15) is 0 Å². The number of carbonyl (C=O) groups is 3. The Balaban J connectivity index is 1.93. The lowest BCUT2D eigenvalue weighted by Crippen LogP contribution is -2.15. The van der Waals surface area contributed by atoms with E-state index >= 15 is 0 Å². The zero-order valence-electron chi connectivity index (χ0n) is 15.6. The number of amides is 1. The Morgan fingerprint density at radius 1 is 1.14 bits per heavy atom. The number of anilines is 1. The topological polar surface area (TPSA) is 94.1 Å². The van der Waals surface area contributed by atoms with Gasteiger partial charge in [0.05, 0.1) is 28.4 Å². The fourth-order valence-electron chi connectivity index (χ4n) is 2.94. The van der Waals surface area contributed by atoms with Crippen LogP contribution in [-0.2, 0) is 20.8 Å². The molecule has 0 spiro atoms. The van der Waals surface area contributed by atoms with Gasteiger partial charge in [-0.3, -0.25) is 4.79 Å². The van der Waals surface area contributed by atoms with E-state index < -0.39 is 11.9 Å². The molecule has 0 bridgehead atoms. The molecule has 1 aliphatic rings. The first-order valence-electron chi connectivity index (χ1n) is 8.95. The smallest absolute Gasteiger partial charge is 0.365 e. The predicted octanol–water partition coefficient (Wildman–Crippen LogP) is 3.78. The van der Waals surface area contributed by atoms with Gasteiger partial charge in [-0.15, -0.1) is 11.3 Å². The van der Waals surface area contributed by atoms with Crippen LogP contribution in [0.25, 0.3) is 0 Å². The van der Waals surface area contributed by atoms with Crippen LogP contribution in [0, 0.1) is 0 Å². The number of esters is 1. The molecular weight excluding hydrogens is 380 g/mol. The van der Waals surface area contributed by atoms with E-state index in [-0.39, 0.29) is 12.5 Å². The standard InChI is InChI=1S/C20H20N2O5S/c1-3-26-20(25)18-16(21-12(2)23)14-10-7-11-15(17(14)28-18)22-27-19(24)13-8-5-4-6-9-13/h4-6,8-9H,3,7,10-11H2,1-2H3,(H,21,23)/b22-15+. The lowest BCUT2D eigenvalue weighted by Gasteiger charge is -2.15. The Morgan fingerprint density at radius 2 is 1.89 bits per heavy atom. The quantitative estimate of drug-likeness (QED) is 0.468. The van der Waals surface area contributed by atoms with E-state index in [2.05, 4.69) is 10.5 Å². The van der Waals surface area contributed by atoms with Crippen LogP contribution >= 0.6 is 11.3 Å². The fraction of sp³-hybridized carbons (Fsp3) is 0.300. The summed E-state index contributed by atoms with van der Waals surface area (Å²) in [6.07, 6.45) is 2.06. The zero-order chi connectivity index (χ0) is 20.1. The Morgan fingerprint density at radius 3 is 2.57 bits per heavy atom. The molecule has 0 saturated carbocycles. The maximum absolute atomic E-state index is 12.3. The molecule has 8 heteroatoms. The number of hydrogen-bond donors (Lipinski definition) is 1. The number of rotatable bonds is 5. The second-order valence-corrected chi connectivity index (χ2v) is 7.17. The minimum Gasteiger partial charge on any atom is -0.462 e. The molecule has 1 aliphatic carbocycles. The summed E-state index contributed by atoms with van der Waals surface area (Å²) < 4.78 is 5.11. The highest BCUT2D eigenvalue weighted by molar-refractivity contribution is 7.17. The second kappa shape index (κ2) is 8.79. The normalized spacial score (nSPS) is 14.3. The summed E-state index contributed by atoms with van der Waals surface area (Å²) in [5, 5.41) is 6.79. The van der Waals surface area contributed by atoms with E-state index in [0.29, 0.717) is 34.7 Å². The van der Waals surface area contributed by atoms with Gasteiger partial charge in [0.1, 0.15) is 4.88 Å². The number of thiophene rings is 1. The van der Waals surface area contributed by atoms with Crippen molar-refractivity contribution in [3.63, 3.8) is 0 Å².